The van der Waals surface area contributed by atoms with E-state index in [1.807, 2.05) is 0 Å². The van der Waals surface area contributed by atoms with Crippen molar-refractivity contribution in [3.8, 4) is 0 Å². The predicted octanol–water partition coefficient (Wildman–Crippen LogP) is 0.454. The quantitative estimate of drug-likeness (QED) is 0.362. The van der Waals surface area contributed by atoms with Gasteiger partial charge in [0.1, 0.15) is 0 Å². The average molecular weight is 189 g/mol. The largest absolute Gasteiger partial charge is 0.477 e. The van der Waals surface area contributed by atoms with Gasteiger partial charge in [-0.15, -0.1) is 11.8 Å². The number of carboxylic acids is 1. The fourth-order valence-corrected chi connectivity index (χ4v) is 1.28. The van der Waals surface area contributed by atoms with Gasteiger partial charge in [-0.3, -0.25) is 4.79 Å². The lowest BCUT2D eigenvalue weighted by Crippen LogP contribution is -2.14. The fraction of sp³-hybridized carbons (Fsp3) is 0.429. The normalized spacial score (nSPS) is 10.9. The molecule has 0 aromatic heterocycles. The number of rotatable bonds is 6. The average Bonchev–Trinajstić information content (AvgIpc) is 2.04. The van der Waals surface area contributed by atoms with Crippen LogP contribution in [0.5, 0.6) is 0 Å². The molecule has 12 heavy (non-hydrogen) atoms. The van der Waals surface area contributed by atoms with Crippen LogP contribution in [0, 0.1) is 0 Å². The number of aliphatic carboxylic acids is 1. The Hall–Kier alpha value is -0.970. The number of amides is 1. The minimum Gasteiger partial charge on any atom is -0.477 e. The second-order valence-corrected chi connectivity index (χ2v) is 3.02. The van der Waals surface area contributed by atoms with Crippen molar-refractivity contribution in [1.82, 2.24) is 5.32 Å². The van der Waals surface area contributed by atoms with Crippen LogP contribution >= 0.6 is 11.8 Å². The van der Waals surface area contributed by atoms with E-state index in [-0.39, 0.29) is 0 Å². The zero-order valence-corrected chi connectivity index (χ0v) is 7.56. The molecular formula is C7H11NO3S. The molecule has 1 amide bonds. The molecular weight excluding hydrogens is 178 g/mol. The molecule has 5 heteroatoms. The summed E-state index contributed by atoms with van der Waals surface area (Å²) in [5.41, 5.74) is 0. The van der Waals surface area contributed by atoms with Gasteiger partial charge in [-0.2, -0.15) is 0 Å². The Morgan fingerprint density at radius 3 is 2.75 bits per heavy atom. The molecule has 0 aliphatic carbocycles. The molecule has 0 saturated carbocycles. The number of thioether (sulfide) groups is 1. The molecule has 0 aromatic rings. The van der Waals surface area contributed by atoms with Gasteiger partial charge < -0.3 is 10.4 Å². The summed E-state index contributed by atoms with van der Waals surface area (Å²) in [5.74, 6) is -0.348. The number of carbonyl (C=O) groups is 2. The molecule has 4 nitrogen and oxygen atoms in total. The van der Waals surface area contributed by atoms with Crippen LogP contribution in [-0.4, -0.2) is 29.8 Å². The van der Waals surface area contributed by atoms with E-state index >= 15 is 0 Å². The molecule has 68 valence electrons. The van der Waals surface area contributed by atoms with Crippen molar-refractivity contribution in [2.24, 2.45) is 0 Å². The third-order valence-electron chi connectivity index (χ3n) is 1.06. The molecule has 0 fully saturated rings. The maximum atomic E-state index is 10.4. The molecule has 0 rings (SSSR count). The monoisotopic (exact) mass is 189 g/mol. The molecule has 0 saturated heterocycles. The summed E-state index contributed by atoms with van der Waals surface area (Å²) >= 11 is 1.21. The molecule has 2 N–H and O–H groups in total. The van der Waals surface area contributed by atoms with Gasteiger partial charge in [0.15, 0.2) is 0 Å². The molecule has 0 aliphatic heterocycles. The number of nitrogens with one attached hydrogen (secondary N) is 1. The van der Waals surface area contributed by atoms with E-state index in [1.165, 1.54) is 17.8 Å². The summed E-state index contributed by atoms with van der Waals surface area (Å²) in [4.78, 5) is 20.5. The molecule has 0 heterocycles. The van der Waals surface area contributed by atoms with Crippen LogP contribution in [0.15, 0.2) is 11.0 Å². The summed E-state index contributed by atoms with van der Waals surface area (Å²) in [6.07, 6.45) is 2.13. The number of allylic oxidation sites excluding steroid dienone is 1. The minimum atomic E-state index is -0.923. The number of hydrogen-bond acceptors (Lipinski definition) is 3. The first kappa shape index (κ1) is 11.0. The topological polar surface area (TPSA) is 66.4 Å². The Morgan fingerprint density at radius 2 is 2.33 bits per heavy atom. The van der Waals surface area contributed by atoms with Crippen molar-refractivity contribution in [2.75, 3.05) is 12.3 Å². The van der Waals surface area contributed by atoms with Crippen molar-refractivity contribution in [1.29, 1.82) is 0 Å². The smallest absolute Gasteiger partial charge is 0.341 e. The van der Waals surface area contributed by atoms with E-state index in [2.05, 4.69) is 5.32 Å². The van der Waals surface area contributed by atoms with Crippen LogP contribution in [0.3, 0.4) is 0 Å². The Morgan fingerprint density at radius 1 is 1.67 bits per heavy atom. The highest BCUT2D eigenvalue weighted by atomic mass is 32.2. The summed E-state index contributed by atoms with van der Waals surface area (Å²) < 4.78 is 0. The first-order chi connectivity index (χ1) is 5.72. The van der Waals surface area contributed by atoms with Crippen LogP contribution in [0.4, 0.5) is 0 Å². The molecule has 0 spiro atoms. The number of carboxylic acid groups (broad SMARTS) is 1. The van der Waals surface area contributed by atoms with Gasteiger partial charge in [-0.25, -0.2) is 4.79 Å². The predicted molar refractivity (Wildman–Crippen MR) is 47.9 cm³/mol. The van der Waals surface area contributed by atoms with E-state index in [0.717, 1.165) is 0 Å². The van der Waals surface area contributed by atoms with Crippen molar-refractivity contribution in [2.45, 2.75) is 6.92 Å². The van der Waals surface area contributed by atoms with Crippen LogP contribution in [0.2, 0.25) is 0 Å². The van der Waals surface area contributed by atoms with E-state index in [0.29, 0.717) is 23.6 Å². The van der Waals surface area contributed by atoms with Crippen LogP contribution in [0.25, 0.3) is 0 Å². The van der Waals surface area contributed by atoms with Gasteiger partial charge in [0.25, 0.3) is 0 Å². The molecule has 0 radical (unpaired) electrons. The fourth-order valence-electron chi connectivity index (χ4n) is 0.547. The molecule has 0 aliphatic rings. The third-order valence-corrected chi connectivity index (χ3v) is 2.19. The Balaban J connectivity index is 3.60. The van der Waals surface area contributed by atoms with Crippen molar-refractivity contribution < 1.29 is 14.7 Å². The Kier molecular flexibility index (Phi) is 6.18. The minimum absolute atomic E-state index is 0.308. The van der Waals surface area contributed by atoms with E-state index < -0.39 is 5.97 Å². The van der Waals surface area contributed by atoms with Crippen molar-refractivity contribution in [3.05, 3.63) is 11.0 Å². The highest BCUT2D eigenvalue weighted by Gasteiger charge is 2.04. The molecule has 0 aromatic carbocycles. The SMILES string of the molecule is CC=C(SCCNC=O)C(=O)O. The standard InChI is InChI=1S/C7H11NO3S/c1-2-6(7(10)11)12-4-3-8-5-9/h2,5H,3-4H2,1H3,(H,8,9)(H,10,11). The van der Waals surface area contributed by atoms with Crippen molar-refractivity contribution >= 4 is 24.1 Å². The van der Waals surface area contributed by atoms with E-state index in [9.17, 15) is 9.59 Å². The van der Waals surface area contributed by atoms with Crippen LogP contribution in [-0.2, 0) is 9.59 Å². The highest BCUT2D eigenvalue weighted by Crippen LogP contribution is 2.14. The van der Waals surface area contributed by atoms with Crippen LogP contribution in [0.1, 0.15) is 6.92 Å². The maximum Gasteiger partial charge on any atom is 0.341 e. The van der Waals surface area contributed by atoms with Gasteiger partial charge in [-0.1, -0.05) is 6.08 Å². The maximum absolute atomic E-state index is 10.4. The first-order valence-corrected chi connectivity index (χ1v) is 4.40. The first-order valence-electron chi connectivity index (χ1n) is 3.41. The van der Waals surface area contributed by atoms with Gasteiger partial charge >= 0.3 is 5.97 Å². The third kappa shape index (κ3) is 4.79. The lowest BCUT2D eigenvalue weighted by Gasteiger charge is -1.99. The van der Waals surface area contributed by atoms with Crippen LogP contribution < -0.4 is 5.32 Å². The lowest BCUT2D eigenvalue weighted by molar-refractivity contribution is -0.131. The summed E-state index contributed by atoms with van der Waals surface area (Å²) in [5, 5.41) is 11.0. The van der Waals surface area contributed by atoms with Gasteiger partial charge in [0, 0.05) is 12.3 Å². The number of carbonyl (C=O) groups excluding carboxylic acids is 1. The molecule has 0 bridgehead atoms. The second-order valence-electron chi connectivity index (χ2n) is 1.88. The lowest BCUT2D eigenvalue weighted by atomic mass is 10.5. The Bertz CT molecular complexity index is 191. The van der Waals surface area contributed by atoms with Crippen molar-refractivity contribution in [3.63, 3.8) is 0 Å². The van der Waals surface area contributed by atoms with E-state index in [1.54, 1.807) is 6.92 Å². The zero-order valence-electron chi connectivity index (χ0n) is 6.74. The Labute approximate surface area is 75.0 Å². The van der Waals surface area contributed by atoms with E-state index in [4.69, 9.17) is 5.11 Å². The second kappa shape index (κ2) is 6.72. The molecule has 0 unspecified atom stereocenters. The summed E-state index contributed by atoms with van der Waals surface area (Å²) in [6, 6.07) is 0. The summed E-state index contributed by atoms with van der Waals surface area (Å²) in [7, 11) is 0. The zero-order chi connectivity index (χ0) is 9.40. The van der Waals surface area contributed by atoms with Gasteiger partial charge in [0.05, 0.1) is 4.91 Å². The number of hydrogen-bond donors (Lipinski definition) is 2. The van der Waals surface area contributed by atoms with Gasteiger partial charge in [0.2, 0.25) is 6.41 Å². The van der Waals surface area contributed by atoms with Gasteiger partial charge in [-0.05, 0) is 6.92 Å². The summed E-state index contributed by atoms with van der Waals surface area (Å²) in [6.45, 7) is 2.16. The highest BCUT2D eigenvalue weighted by molar-refractivity contribution is 8.03. The molecule has 0 atom stereocenters.